The van der Waals surface area contributed by atoms with Gasteiger partial charge < -0.3 is 0 Å². The number of hydrogen-bond donors (Lipinski definition) is 0. The van der Waals surface area contributed by atoms with Crippen LogP contribution in [0.25, 0.3) is 22.8 Å². The molecule has 0 unspecified atom stereocenters. The number of nitrogens with zero attached hydrogens (tertiary/aromatic N) is 4. The standard InChI is InChI=1S/C30H24N4/c1-30(2)23-17-9-11-19-25(23)34(26-20-12-10-18-24(26)30)29-32-27(21-13-5-3-6-14-21)31-28(33-29)22-15-7-4-8-16-22/h3-20H,1-2H3. The molecule has 2 heterocycles. The van der Waals surface area contributed by atoms with Crippen LogP contribution in [0.4, 0.5) is 17.3 Å². The van der Waals surface area contributed by atoms with E-state index in [9.17, 15) is 0 Å². The molecule has 0 atom stereocenters. The van der Waals surface area contributed by atoms with Gasteiger partial charge in [-0.3, -0.25) is 4.90 Å². The molecule has 6 rings (SSSR count). The molecule has 1 aromatic heterocycles. The number of benzene rings is 4. The van der Waals surface area contributed by atoms with Crippen LogP contribution >= 0.6 is 0 Å². The van der Waals surface area contributed by atoms with Gasteiger partial charge in [0.1, 0.15) is 0 Å². The number of fused-ring (bicyclic) bond motifs is 2. The Kier molecular flexibility index (Phi) is 4.73. The van der Waals surface area contributed by atoms with Gasteiger partial charge in [0.05, 0.1) is 11.4 Å². The molecule has 1 aliphatic heterocycles. The van der Waals surface area contributed by atoms with Crippen molar-refractivity contribution in [1.29, 1.82) is 0 Å². The lowest BCUT2D eigenvalue weighted by molar-refractivity contribution is 0.630. The first-order chi connectivity index (χ1) is 16.6. The summed E-state index contributed by atoms with van der Waals surface area (Å²) in [5, 5.41) is 0. The minimum Gasteiger partial charge on any atom is -0.278 e. The third-order valence-corrected chi connectivity index (χ3v) is 6.52. The van der Waals surface area contributed by atoms with Crippen LogP contribution in [0.3, 0.4) is 0 Å². The van der Waals surface area contributed by atoms with Crippen molar-refractivity contribution in [3.63, 3.8) is 0 Å². The number of anilines is 3. The summed E-state index contributed by atoms with van der Waals surface area (Å²) in [6, 6.07) is 37.3. The lowest BCUT2D eigenvalue weighted by Gasteiger charge is -2.40. The maximum Gasteiger partial charge on any atom is 0.238 e. The van der Waals surface area contributed by atoms with E-state index in [2.05, 4.69) is 67.3 Å². The Morgan fingerprint density at radius 3 is 1.38 bits per heavy atom. The highest BCUT2D eigenvalue weighted by Crippen LogP contribution is 2.51. The summed E-state index contributed by atoms with van der Waals surface area (Å²) < 4.78 is 0. The topological polar surface area (TPSA) is 41.9 Å². The molecule has 4 aromatic carbocycles. The van der Waals surface area contributed by atoms with E-state index in [0.29, 0.717) is 17.6 Å². The van der Waals surface area contributed by atoms with Gasteiger partial charge in [-0.2, -0.15) is 9.97 Å². The van der Waals surface area contributed by atoms with Crippen molar-refractivity contribution in [1.82, 2.24) is 15.0 Å². The van der Waals surface area contributed by atoms with Crippen molar-refractivity contribution in [3.8, 4) is 22.8 Å². The van der Waals surface area contributed by atoms with E-state index in [4.69, 9.17) is 15.0 Å². The average Bonchev–Trinajstić information content (AvgIpc) is 2.90. The van der Waals surface area contributed by atoms with Gasteiger partial charge in [0.25, 0.3) is 0 Å². The van der Waals surface area contributed by atoms with Crippen LogP contribution in [0.5, 0.6) is 0 Å². The van der Waals surface area contributed by atoms with Crippen LogP contribution in [-0.2, 0) is 5.41 Å². The zero-order valence-electron chi connectivity index (χ0n) is 19.2. The van der Waals surface area contributed by atoms with E-state index < -0.39 is 0 Å². The van der Waals surface area contributed by atoms with Crippen LogP contribution in [0.1, 0.15) is 25.0 Å². The third kappa shape index (κ3) is 3.27. The number of rotatable bonds is 3. The van der Waals surface area contributed by atoms with Crippen LogP contribution in [-0.4, -0.2) is 15.0 Å². The van der Waals surface area contributed by atoms with Gasteiger partial charge in [0.15, 0.2) is 11.6 Å². The lowest BCUT2D eigenvalue weighted by atomic mass is 9.74. The first kappa shape index (κ1) is 20.3. The summed E-state index contributed by atoms with van der Waals surface area (Å²) in [7, 11) is 0. The zero-order valence-corrected chi connectivity index (χ0v) is 19.2. The maximum atomic E-state index is 5.00. The average molecular weight is 441 g/mol. The van der Waals surface area contributed by atoms with Gasteiger partial charge in [-0.25, -0.2) is 4.98 Å². The molecule has 0 N–H and O–H groups in total. The Balaban J connectivity index is 1.64. The number of para-hydroxylation sites is 2. The van der Waals surface area contributed by atoms with Gasteiger partial charge in [0, 0.05) is 16.5 Å². The summed E-state index contributed by atoms with van der Waals surface area (Å²) in [6.45, 7) is 4.56. The summed E-state index contributed by atoms with van der Waals surface area (Å²) >= 11 is 0. The maximum absolute atomic E-state index is 5.00. The van der Waals surface area contributed by atoms with E-state index in [0.717, 1.165) is 22.5 Å². The second-order valence-electron chi connectivity index (χ2n) is 9.01. The van der Waals surface area contributed by atoms with Gasteiger partial charge in [-0.15, -0.1) is 0 Å². The molecule has 0 spiro atoms. The van der Waals surface area contributed by atoms with E-state index in [-0.39, 0.29) is 5.41 Å². The molecule has 0 aliphatic carbocycles. The molecular formula is C30H24N4. The van der Waals surface area contributed by atoms with E-state index >= 15 is 0 Å². The molecule has 34 heavy (non-hydrogen) atoms. The van der Waals surface area contributed by atoms with Crippen molar-refractivity contribution >= 4 is 17.3 Å². The molecule has 0 fully saturated rings. The first-order valence-electron chi connectivity index (χ1n) is 11.5. The Morgan fingerprint density at radius 1 is 0.500 bits per heavy atom. The van der Waals surface area contributed by atoms with Gasteiger partial charge in [-0.05, 0) is 23.3 Å². The van der Waals surface area contributed by atoms with Crippen LogP contribution in [0, 0.1) is 0 Å². The second-order valence-corrected chi connectivity index (χ2v) is 9.01. The fourth-order valence-corrected chi connectivity index (χ4v) is 4.78. The quantitative estimate of drug-likeness (QED) is 0.295. The summed E-state index contributed by atoms with van der Waals surface area (Å²) in [4.78, 5) is 17.0. The Morgan fingerprint density at radius 2 is 0.912 bits per heavy atom. The zero-order chi connectivity index (χ0) is 23.1. The predicted octanol–water partition coefficient (Wildman–Crippen LogP) is 7.31. The monoisotopic (exact) mass is 440 g/mol. The molecule has 4 nitrogen and oxygen atoms in total. The normalized spacial score (nSPS) is 13.8. The van der Waals surface area contributed by atoms with Gasteiger partial charge >= 0.3 is 0 Å². The molecular weight excluding hydrogens is 416 g/mol. The highest BCUT2D eigenvalue weighted by molar-refractivity contribution is 5.84. The summed E-state index contributed by atoms with van der Waals surface area (Å²) in [5.41, 5.74) is 6.46. The van der Waals surface area contributed by atoms with Crippen molar-refractivity contribution < 1.29 is 0 Å². The minimum atomic E-state index is -0.138. The van der Waals surface area contributed by atoms with Crippen LogP contribution in [0.15, 0.2) is 109 Å². The molecule has 164 valence electrons. The van der Waals surface area contributed by atoms with Gasteiger partial charge in [0.2, 0.25) is 5.95 Å². The Bertz CT molecular complexity index is 1370. The molecule has 0 radical (unpaired) electrons. The third-order valence-electron chi connectivity index (χ3n) is 6.52. The highest BCUT2D eigenvalue weighted by atomic mass is 15.3. The molecule has 0 saturated heterocycles. The SMILES string of the molecule is CC1(C)c2ccccc2N(c2nc(-c3ccccc3)nc(-c3ccccc3)n2)c2ccccc21. The lowest BCUT2D eigenvalue weighted by Crippen LogP contribution is -2.31. The Hall–Kier alpha value is -4.31. The Labute approximate surface area is 199 Å². The number of aromatic nitrogens is 3. The number of hydrogen-bond acceptors (Lipinski definition) is 4. The van der Waals surface area contributed by atoms with E-state index in [1.165, 1.54) is 11.1 Å². The van der Waals surface area contributed by atoms with E-state index in [1.807, 2.05) is 60.7 Å². The van der Waals surface area contributed by atoms with E-state index in [1.54, 1.807) is 0 Å². The highest BCUT2D eigenvalue weighted by Gasteiger charge is 2.37. The fraction of sp³-hybridized carbons (Fsp3) is 0.100. The first-order valence-corrected chi connectivity index (χ1v) is 11.5. The summed E-state index contributed by atoms with van der Waals surface area (Å²) in [5.74, 6) is 1.93. The van der Waals surface area contributed by atoms with Crippen molar-refractivity contribution in [2.45, 2.75) is 19.3 Å². The molecule has 4 heteroatoms. The van der Waals surface area contributed by atoms with Crippen molar-refractivity contribution in [3.05, 3.63) is 120 Å². The largest absolute Gasteiger partial charge is 0.278 e. The molecule has 0 saturated carbocycles. The predicted molar refractivity (Wildman–Crippen MR) is 138 cm³/mol. The molecule has 0 amide bonds. The van der Waals surface area contributed by atoms with Crippen LogP contribution in [0.2, 0.25) is 0 Å². The fourth-order valence-electron chi connectivity index (χ4n) is 4.78. The van der Waals surface area contributed by atoms with Crippen molar-refractivity contribution in [2.75, 3.05) is 4.90 Å². The van der Waals surface area contributed by atoms with Crippen molar-refractivity contribution in [2.24, 2.45) is 0 Å². The molecule has 1 aliphatic rings. The van der Waals surface area contributed by atoms with Crippen LogP contribution < -0.4 is 4.90 Å². The van der Waals surface area contributed by atoms with Gasteiger partial charge in [-0.1, -0.05) is 111 Å². The smallest absolute Gasteiger partial charge is 0.238 e. The molecule has 0 bridgehead atoms. The summed E-state index contributed by atoms with van der Waals surface area (Å²) in [6.07, 6.45) is 0. The molecule has 5 aromatic rings. The minimum absolute atomic E-state index is 0.138. The second kappa shape index (κ2) is 7.92.